The standard InChI is InChI=1S/C16H19N/c1-3-17-16-10-9-13(2)15(12-16)11-14-7-5-4-6-8-14/h4-10,12,17H,3,11H2,1-2H3. The minimum atomic E-state index is 0.966. The minimum absolute atomic E-state index is 0.966. The second-order valence-electron chi connectivity index (χ2n) is 4.33. The van der Waals surface area contributed by atoms with E-state index in [9.17, 15) is 0 Å². The molecule has 0 aliphatic rings. The number of benzene rings is 2. The van der Waals surface area contributed by atoms with Crippen molar-refractivity contribution in [2.45, 2.75) is 20.3 Å². The monoisotopic (exact) mass is 225 g/mol. The van der Waals surface area contributed by atoms with E-state index in [4.69, 9.17) is 0 Å². The first kappa shape index (κ1) is 11.7. The summed E-state index contributed by atoms with van der Waals surface area (Å²) in [6.07, 6.45) is 1.01. The minimum Gasteiger partial charge on any atom is -0.385 e. The lowest BCUT2D eigenvalue weighted by Crippen LogP contribution is -1.99. The summed E-state index contributed by atoms with van der Waals surface area (Å²) in [5, 5.41) is 3.36. The average molecular weight is 225 g/mol. The van der Waals surface area contributed by atoms with Crippen molar-refractivity contribution in [3.8, 4) is 0 Å². The molecule has 0 fully saturated rings. The summed E-state index contributed by atoms with van der Waals surface area (Å²) >= 11 is 0. The molecule has 0 saturated carbocycles. The zero-order valence-electron chi connectivity index (χ0n) is 10.5. The van der Waals surface area contributed by atoms with Gasteiger partial charge in [0, 0.05) is 12.2 Å². The summed E-state index contributed by atoms with van der Waals surface area (Å²) < 4.78 is 0. The van der Waals surface area contributed by atoms with Gasteiger partial charge >= 0.3 is 0 Å². The lowest BCUT2D eigenvalue weighted by atomic mass is 10.00. The molecule has 17 heavy (non-hydrogen) atoms. The zero-order chi connectivity index (χ0) is 12.1. The van der Waals surface area contributed by atoms with E-state index in [2.05, 4.69) is 67.7 Å². The van der Waals surface area contributed by atoms with Crippen molar-refractivity contribution in [3.63, 3.8) is 0 Å². The van der Waals surface area contributed by atoms with Gasteiger partial charge in [0.1, 0.15) is 0 Å². The van der Waals surface area contributed by atoms with E-state index >= 15 is 0 Å². The second-order valence-corrected chi connectivity index (χ2v) is 4.33. The maximum Gasteiger partial charge on any atom is 0.0343 e. The maximum absolute atomic E-state index is 3.36. The summed E-state index contributed by atoms with van der Waals surface area (Å²) in [4.78, 5) is 0. The molecule has 0 aliphatic carbocycles. The molecule has 1 N–H and O–H groups in total. The molecule has 0 aromatic heterocycles. The molecular formula is C16H19N. The lowest BCUT2D eigenvalue weighted by Gasteiger charge is -2.10. The highest BCUT2D eigenvalue weighted by molar-refractivity contribution is 5.49. The third-order valence-electron chi connectivity index (χ3n) is 2.97. The van der Waals surface area contributed by atoms with Gasteiger partial charge < -0.3 is 5.32 Å². The number of aryl methyl sites for hydroxylation is 1. The maximum atomic E-state index is 3.36. The molecule has 1 heteroatoms. The van der Waals surface area contributed by atoms with Crippen LogP contribution in [0.5, 0.6) is 0 Å². The Hall–Kier alpha value is -1.76. The number of hydrogen-bond acceptors (Lipinski definition) is 1. The van der Waals surface area contributed by atoms with E-state index in [0.717, 1.165) is 13.0 Å². The van der Waals surface area contributed by atoms with E-state index in [0.29, 0.717) is 0 Å². The van der Waals surface area contributed by atoms with Crippen molar-refractivity contribution in [1.82, 2.24) is 0 Å². The highest BCUT2D eigenvalue weighted by Gasteiger charge is 2.01. The summed E-state index contributed by atoms with van der Waals surface area (Å²) in [6.45, 7) is 5.26. The van der Waals surface area contributed by atoms with Gasteiger partial charge in [0.15, 0.2) is 0 Å². The Balaban J connectivity index is 2.22. The number of rotatable bonds is 4. The predicted octanol–water partition coefficient (Wildman–Crippen LogP) is 4.02. The quantitative estimate of drug-likeness (QED) is 0.828. The first-order valence-corrected chi connectivity index (χ1v) is 6.17. The molecule has 0 amide bonds. The van der Waals surface area contributed by atoms with Crippen LogP contribution in [-0.2, 0) is 6.42 Å². The van der Waals surface area contributed by atoms with Crippen LogP contribution in [0.1, 0.15) is 23.6 Å². The third kappa shape index (κ3) is 3.10. The van der Waals surface area contributed by atoms with Gasteiger partial charge in [-0.15, -0.1) is 0 Å². The van der Waals surface area contributed by atoms with Gasteiger partial charge in [-0.2, -0.15) is 0 Å². The Morgan fingerprint density at radius 1 is 1.00 bits per heavy atom. The molecule has 0 aliphatic heterocycles. The van der Waals surface area contributed by atoms with Crippen LogP contribution in [0.3, 0.4) is 0 Å². The van der Waals surface area contributed by atoms with Crippen molar-refractivity contribution in [2.75, 3.05) is 11.9 Å². The van der Waals surface area contributed by atoms with Crippen LogP contribution in [0.15, 0.2) is 48.5 Å². The van der Waals surface area contributed by atoms with Gasteiger partial charge in [-0.05, 0) is 49.1 Å². The van der Waals surface area contributed by atoms with Crippen LogP contribution >= 0.6 is 0 Å². The Kier molecular flexibility index (Phi) is 3.81. The van der Waals surface area contributed by atoms with Crippen molar-refractivity contribution in [3.05, 3.63) is 65.2 Å². The second kappa shape index (κ2) is 5.53. The van der Waals surface area contributed by atoms with Gasteiger partial charge in [0.25, 0.3) is 0 Å². The first-order valence-electron chi connectivity index (χ1n) is 6.17. The van der Waals surface area contributed by atoms with Crippen LogP contribution in [0.2, 0.25) is 0 Å². The number of anilines is 1. The molecule has 0 radical (unpaired) electrons. The summed E-state index contributed by atoms with van der Waals surface area (Å²) in [5.41, 5.74) is 5.33. The van der Waals surface area contributed by atoms with E-state index in [1.54, 1.807) is 0 Å². The normalized spacial score (nSPS) is 10.2. The predicted molar refractivity (Wildman–Crippen MR) is 74.6 cm³/mol. The topological polar surface area (TPSA) is 12.0 Å². The Morgan fingerprint density at radius 2 is 1.76 bits per heavy atom. The first-order chi connectivity index (χ1) is 8.29. The Labute approximate surface area is 103 Å². The fraction of sp³-hybridized carbons (Fsp3) is 0.250. The molecule has 2 aromatic carbocycles. The van der Waals surface area contributed by atoms with Crippen LogP contribution < -0.4 is 5.32 Å². The van der Waals surface area contributed by atoms with Crippen molar-refractivity contribution < 1.29 is 0 Å². The number of nitrogens with one attached hydrogen (secondary N) is 1. The fourth-order valence-electron chi connectivity index (χ4n) is 1.99. The Bertz CT molecular complexity index is 474. The molecule has 0 spiro atoms. The van der Waals surface area contributed by atoms with Crippen LogP contribution in [0.25, 0.3) is 0 Å². The molecule has 0 atom stereocenters. The molecule has 1 nitrogen and oxygen atoms in total. The molecular weight excluding hydrogens is 206 g/mol. The summed E-state index contributed by atoms with van der Waals surface area (Å²) in [5.74, 6) is 0. The van der Waals surface area contributed by atoms with E-state index in [-0.39, 0.29) is 0 Å². The number of hydrogen-bond donors (Lipinski definition) is 1. The van der Waals surface area contributed by atoms with Crippen molar-refractivity contribution in [1.29, 1.82) is 0 Å². The van der Waals surface area contributed by atoms with Gasteiger partial charge in [0.05, 0.1) is 0 Å². The summed E-state index contributed by atoms with van der Waals surface area (Å²) in [6, 6.07) is 17.2. The smallest absolute Gasteiger partial charge is 0.0343 e. The molecule has 2 rings (SSSR count). The van der Waals surface area contributed by atoms with E-state index in [1.807, 2.05) is 0 Å². The molecule has 0 bridgehead atoms. The highest BCUT2D eigenvalue weighted by Crippen LogP contribution is 2.18. The van der Waals surface area contributed by atoms with Crippen molar-refractivity contribution in [2.24, 2.45) is 0 Å². The van der Waals surface area contributed by atoms with Gasteiger partial charge in [-0.3, -0.25) is 0 Å². The Morgan fingerprint density at radius 3 is 2.47 bits per heavy atom. The van der Waals surface area contributed by atoms with Gasteiger partial charge in [-0.1, -0.05) is 36.4 Å². The van der Waals surface area contributed by atoms with Crippen LogP contribution in [0, 0.1) is 6.92 Å². The van der Waals surface area contributed by atoms with Crippen LogP contribution in [-0.4, -0.2) is 6.54 Å². The molecule has 0 heterocycles. The highest BCUT2D eigenvalue weighted by atomic mass is 14.8. The molecule has 2 aromatic rings. The molecule has 0 unspecified atom stereocenters. The zero-order valence-corrected chi connectivity index (χ0v) is 10.5. The SMILES string of the molecule is CCNc1ccc(C)c(Cc2ccccc2)c1. The largest absolute Gasteiger partial charge is 0.385 e. The van der Waals surface area contributed by atoms with E-state index < -0.39 is 0 Å². The van der Waals surface area contributed by atoms with Crippen LogP contribution in [0.4, 0.5) is 5.69 Å². The third-order valence-corrected chi connectivity index (χ3v) is 2.97. The van der Waals surface area contributed by atoms with Gasteiger partial charge in [0.2, 0.25) is 0 Å². The van der Waals surface area contributed by atoms with E-state index in [1.165, 1.54) is 22.4 Å². The molecule has 88 valence electrons. The fourth-order valence-corrected chi connectivity index (χ4v) is 1.99. The lowest BCUT2D eigenvalue weighted by molar-refractivity contribution is 1.14. The molecule has 0 saturated heterocycles. The van der Waals surface area contributed by atoms with Crippen molar-refractivity contribution >= 4 is 5.69 Å². The van der Waals surface area contributed by atoms with Gasteiger partial charge in [-0.25, -0.2) is 0 Å². The average Bonchev–Trinajstić information content (AvgIpc) is 2.35. The summed E-state index contributed by atoms with van der Waals surface area (Å²) in [7, 11) is 0.